The van der Waals surface area contributed by atoms with E-state index in [-0.39, 0.29) is 27.7 Å². The van der Waals surface area contributed by atoms with Crippen LogP contribution >= 0.6 is 0 Å². The highest BCUT2D eigenvalue weighted by Gasteiger charge is 2.25. The summed E-state index contributed by atoms with van der Waals surface area (Å²) in [6.45, 7) is 59.8. The van der Waals surface area contributed by atoms with Crippen LogP contribution in [0.25, 0.3) is 0 Å². The Morgan fingerprint density at radius 2 is 0.986 bits per heavy atom. The summed E-state index contributed by atoms with van der Waals surface area (Å²) in [6.07, 6.45) is 10.9. The molecule has 0 amide bonds. The normalized spacial score (nSPS) is 19.4. The predicted octanol–water partition coefficient (Wildman–Crippen LogP) is 13.0. The molecular weight excluding hydrogens is 861 g/mol. The van der Waals surface area contributed by atoms with Crippen molar-refractivity contribution in [1.29, 1.82) is 0 Å². The van der Waals surface area contributed by atoms with Crippen molar-refractivity contribution in [1.82, 2.24) is 41.0 Å². The number of benzene rings is 2. The SMILES string of the molecule is CC(C)(C)N1CCCC1.CC(C)(C)N1CCCCO1.CC(C)(C)NCCN1CCCCC1.CC(C)(C)NCc1ccccc1.CC(NC(C)(C)C)c1ccccc1.CC1CCN(CCNC(C)(C)C)C1. The summed E-state index contributed by atoms with van der Waals surface area (Å²) in [6, 6.07) is 21.4. The maximum absolute atomic E-state index is 5.48. The van der Waals surface area contributed by atoms with Crippen molar-refractivity contribution in [2.45, 2.75) is 236 Å². The van der Waals surface area contributed by atoms with Crippen molar-refractivity contribution in [3.8, 4) is 0 Å². The maximum atomic E-state index is 5.48. The van der Waals surface area contributed by atoms with Crippen LogP contribution in [-0.4, -0.2) is 132 Å². The van der Waals surface area contributed by atoms with Crippen molar-refractivity contribution in [3.05, 3.63) is 71.8 Å². The zero-order valence-corrected chi connectivity index (χ0v) is 50.0. The number of piperidine rings is 1. The zero-order valence-electron chi connectivity index (χ0n) is 50.0. The maximum Gasteiger partial charge on any atom is 0.0685 e. The van der Waals surface area contributed by atoms with E-state index < -0.39 is 0 Å². The summed E-state index contributed by atoms with van der Waals surface area (Å²) in [5.41, 5.74) is 4.20. The Labute approximate surface area is 436 Å². The molecule has 408 valence electrons. The van der Waals surface area contributed by atoms with E-state index in [1.165, 1.54) is 115 Å². The van der Waals surface area contributed by atoms with Gasteiger partial charge in [-0.1, -0.05) is 74.0 Å². The molecule has 0 saturated carbocycles. The lowest BCUT2D eigenvalue weighted by atomic mass is 10.0. The Hall–Kier alpha value is -1.92. The molecule has 70 heavy (non-hydrogen) atoms. The van der Waals surface area contributed by atoms with Gasteiger partial charge in [-0.3, -0.25) is 9.74 Å². The molecule has 4 aliphatic heterocycles. The monoisotopic (exact) mass is 979 g/mol. The number of nitrogens with one attached hydrogen (secondary N) is 4. The standard InChI is InChI=1S/C12H19N.2C11H24N2.C11H17N.C8H17NO.C8H17N/c1-10(13-12(2,3)4)11-8-6-5-7-9-11;1-10-5-7-13(9-10)8-6-12-11(2,3)4;1-11(2,3)12-7-10-13-8-5-4-6-9-13;1-11(2,3)12-9-10-7-5-4-6-8-10;1-8(2,3)9-6-4-5-7-10-9;1-8(2,3)9-6-4-5-7-9/h5-10,13H,1-4H3;10,12H,5-9H2,1-4H3;12H,4-10H2,1-3H3;4-8,12H,9H2,1-3H3;4-7H2,1-3H3;4-7H2,1-3H3. The molecule has 0 spiro atoms. The van der Waals surface area contributed by atoms with Crippen LogP contribution in [0.15, 0.2) is 60.7 Å². The topological polar surface area (TPSA) is 70.3 Å². The van der Waals surface area contributed by atoms with Crippen LogP contribution in [0.2, 0.25) is 0 Å². The molecule has 9 heteroatoms. The second-order valence-corrected chi connectivity index (χ2v) is 26.7. The summed E-state index contributed by atoms with van der Waals surface area (Å²) in [7, 11) is 0. The van der Waals surface area contributed by atoms with Crippen molar-refractivity contribution < 1.29 is 4.84 Å². The third kappa shape index (κ3) is 36.9. The predicted molar refractivity (Wildman–Crippen MR) is 309 cm³/mol. The van der Waals surface area contributed by atoms with Crippen LogP contribution < -0.4 is 21.3 Å². The van der Waals surface area contributed by atoms with Gasteiger partial charge in [-0.15, -0.1) is 0 Å². The average Bonchev–Trinajstić information content (AvgIpc) is 3.97. The van der Waals surface area contributed by atoms with E-state index in [4.69, 9.17) is 4.84 Å². The first-order valence-electron chi connectivity index (χ1n) is 28.0. The lowest BCUT2D eigenvalue weighted by Crippen LogP contribution is -2.44. The minimum atomic E-state index is 0.176. The van der Waals surface area contributed by atoms with E-state index in [1.807, 2.05) is 12.1 Å². The molecule has 4 fully saturated rings. The number of hydrogen-bond acceptors (Lipinski definition) is 9. The zero-order chi connectivity index (χ0) is 53.1. The summed E-state index contributed by atoms with van der Waals surface area (Å²) in [5.74, 6) is 0.912. The fraction of sp³-hybridized carbons (Fsp3) is 0.803. The molecule has 0 aromatic heterocycles. The second kappa shape index (κ2) is 33.1. The van der Waals surface area contributed by atoms with Crippen molar-refractivity contribution in [2.24, 2.45) is 5.92 Å². The van der Waals surface area contributed by atoms with Gasteiger partial charge in [0, 0.05) is 85.1 Å². The van der Waals surface area contributed by atoms with Crippen molar-refractivity contribution in [3.63, 3.8) is 0 Å². The van der Waals surface area contributed by atoms with Gasteiger partial charge in [0.25, 0.3) is 0 Å². The van der Waals surface area contributed by atoms with Gasteiger partial charge in [-0.25, -0.2) is 0 Å². The Morgan fingerprint density at radius 1 is 0.514 bits per heavy atom. The van der Waals surface area contributed by atoms with E-state index in [0.29, 0.717) is 11.6 Å². The number of rotatable bonds is 10. The molecule has 2 unspecified atom stereocenters. The molecule has 2 aromatic rings. The number of hydrogen-bond donors (Lipinski definition) is 4. The molecule has 0 aliphatic carbocycles. The van der Waals surface area contributed by atoms with E-state index in [9.17, 15) is 0 Å². The van der Waals surface area contributed by atoms with Crippen LogP contribution in [0.1, 0.15) is 207 Å². The summed E-state index contributed by atoms with van der Waals surface area (Å²) in [5, 5.41) is 16.1. The van der Waals surface area contributed by atoms with E-state index in [0.717, 1.165) is 38.7 Å². The van der Waals surface area contributed by atoms with Crippen LogP contribution in [0.5, 0.6) is 0 Å². The van der Waals surface area contributed by atoms with Crippen molar-refractivity contribution >= 4 is 0 Å². The number of likely N-dealkylation sites (tertiary alicyclic amines) is 3. The number of hydroxylamine groups is 2. The molecule has 4 heterocycles. The molecule has 4 saturated heterocycles. The lowest BCUT2D eigenvalue weighted by molar-refractivity contribution is -0.227. The first-order chi connectivity index (χ1) is 32.3. The number of nitrogens with zero attached hydrogens (tertiary/aromatic N) is 4. The van der Waals surface area contributed by atoms with Gasteiger partial charge in [0.15, 0.2) is 0 Å². The highest BCUT2D eigenvalue weighted by Crippen LogP contribution is 2.20. The second-order valence-electron chi connectivity index (χ2n) is 26.7. The molecule has 2 aromatic carbocycles. The summed E-state index contributed by atoms with van der Waals surface area (Å²) >= 11 is 0. The smallest absolute Gasteiger partial charge is 0.0685 e. The van der Waals surface area contributed by atoms with Crippen molar-refractivity contribution in [2.75, 3.05) is 78.6 Å². The van der Waals surface area contributed by atoms with Gasteiger partial charge >= 0.3 is 0 Å². The van der Waals surface area contributed by atoms with Gasteiger partial charge in [-0.05, 0) is 226 Å². The quantitative estimate of drug-likeness (QED) is 0.186. The lowest BCUT2D eigenvalue weighted by Gasteiger charge is -2.36. The third-order valence-electron chi connectivity index (χ3n) is 12.5. The largest absolute Gasteiger partial charge is 0.311 e. The summed E-state index contributed by atoms with van der Waals surface area (Å²) in [4.78, 5) is 13.2. The summed E-state index contributed by atoms with van der Waals surface area (Å²) < 4.78 is 0. The third-order valence-corrected chi connectivity index (χ3v) is 12.5. The van der Waals surface area contributed by atoms with E-state index in [1.54, 1.807) is 0 Å². The molecule has 4 aliphatic rings. The molecule has 4 N–H and O–H groups in total. The minimum absolute atomic E-state index is 0.176. The highest BCUT2D eigenvalue weighted by molar-refractivity contribution is 5.18. The average molecular weight is 980 g/mol. The molecule has 0 radical (unpaired) electrons. The van der Waals surface area contributed by atoms with Gasteiger partial charge in [0.05, 0.1) is 6.61 Å². The van der Waals surface area contributed by atoms with E-state index >= 15 is 0 Å². The van der Waals surface area contributed by atoms with Gasteiger partial charge < -0.3 is 31.1 Å². The molecule has 6 rings (SSSR count). The van der Waals surface area contributed by atoms with Gasteiger partial charge in [-0.2, -0.15) is 5.06 Å². The molecular formula is C61H118N8O. The van der Waals surface area contributed by atoms with Crippen LogP contribution in [0, 0.1) is 5.92 Å². The Morgan fingerprint density at radius 3 is 1.37 bits per heavy atom. The van der Waals surface area contributed by atoms with Gasteiger partial charge in [0.1, 0.15) is 0 Å². The Kier molecular flexibility index (Phi) is 31.2. The fourth-order valence-corrected chi connectivity index (χ4v) is 8.54. The first-order valence-corrected chi connectivity index (χ1v) is 28.0. The minimum Gasteiger partial charge on any atom is -0.311 e. The molecule has 2 atom stereocenters. The van der Waals surface area contributed by atoms with Crippen LogP contribution in [0.3, 0.4) is 0 Å². The Balaban J connectivity index is 0.000000422. The fourth-order valence-electron chi connectivity index (χ4n) is 8.54. The molecule has 0 bridgehead atoms. The van der Waals surface area contributed by atoms with Crippen LogP contribution in [0.4, 0.5) is 0 Å². The highest BCUT2D eigenvalue weighted by atomic mass is 16.7. The molecule has 9 nitrogen and oxygen atoms in total. The van der Waals surface area contributed by atoms with E-state index in [2.05, 4.69) is 228 Å². The Bertz CT molecular complexity index is 1510. The first kappa shape index (κ1) is 66.1. The van der Waals surface area contributed by atoms with Gasteiger partial charge in [0.2, 0.25) is 0 Å². The van der Waals surface area contributed by atoms with Crippen LogP contribution in [-0.2, 0) is 11.4 Å².